The highest BCUT2D eigenvalue weighted by molar-refractivity contribution is 5.36. The second kappa shape index (κ2) is 4.32. The molecule has 1 aromatic carbocycles. The Morgan fingerprint density at radius 2 is 2.12 bits per heavy atom. The molecule has 5 nitrogen and oxygen atoms in total. The number of aryl methyl sites for hydroxylation is 1. The molecule has 0 aliphatic rings. The van der Waals surface area contributed by atoms with Gasteiger partial charge in [0, 0.05) is 18.7 Å². The minimum atomic E-state index is -0.0834. The minimum Gasteiger partial charge on any atom is -0.423 e. The highest BCUT2D eigenvalue weighted by Gasteiger charge is 2.09. The first kappa shape index (κ1) is 10.6. The number of aromatic nitrogens is 3. The first-order valence-electron chi connectivity index (χ1n) is 5.05. The number of benzene rings is 1. The minimum absolute atomic E-state index is 0.0834. The Kier molecular flexibility index (Phi) is 2.87. The van der Waals surface area contributed by atoms with E-state index >= 15 is 0 Å². The van der Waals surface area contributed by atoms with E-state index in [4.69, 9.17) is 10.5 Å². The van der Waals surface area contributed by atoms with Gasteiger partial charge in [-0.05, 0) is 13.0 Å². The van der Waals surface area contributed by atoms with Gasteiger partial charge in [0.05, 0.1) is 0 Å². The van der Waals surface area contributed by atoms with E-state index in [0.29, 0.717) is 11.8 Å². The van der Waals surface area contributed by atoms with Gasteiger partial charge in [0.25, 0.3) is 0 Å². The van der Waals surface area contributed by atoms with E-state index in [0.717, 1.165) is 5.56 Å². The lowest BCUT2D eigenvalue weighted by atomic mass is 10.1. The molecule has 1 heterocycles. The van der Waals surface area contributed by atoms with Crippen LogP contribution in [-0.4, -0.2) is 14.8 Å². The number of nitrogens with two attached hydrogens (primary N) is 1. The van der Waals surface area contributed by atoms with Crippen LogP contribution in [0, 0.1) is 0 Å². The van der Waals surface area contributed by atoms with Gasteiger partial charge < -0.3 is 10.5 Å². The van der Waals surface area contributed by atoms with Crippen LogP contribution in [0.1, 0.15) is 18.5 Å². The topological polar surface area (TPSA) is 66.0 Å². The van der Waals surface area contributed by atoms with Crippen LogP contribution in [0.2, 0.25) is 0 Å². The number of para-hydroxylation sites is 1. The van der Waals surface area contributed by atoms with Crippen molar-refractivity contribution >= 4 is 0 Å². The van der Waals surface area contributed by atoms with Crippen molar-refractivity contribution in [2.75, 3.05) is 0 Å². The van der Waals surface area contributed by atoms with E-state index in [1.165, 1.54) is 0 Å². The van der Waals surface area contributed by atoms with Crippen molar-refractivity contribution in [1.82, 2.24) is 14.8 Å². The summed E-state index contributed by atoms with van der Waals surface area (Å²) in [5.74, 6) is 0.698. The third kappa shape index (κ3) is 2.20. The Morgan fingerprint density at radius 1 is 1.38 bits per heavy atom. The van der Waals surface area contributed by atoms with Gasteiger partial charge in [-0.2, -0.15) is 4.98 Å². The summed E-state index contributed by atoms with van der Waals surface area (Å²) in [6.45, 7) is 1.91. The number of nitrogens with zero attached hydrogens (tertiary/aromatic N) is 3. The molecule has 0 aliphatic heterocycles. The molecule has 84 valence electrons. The van der Waals surface area contributed by atoms with Crippen LogP contribution in [0.5, 0.6) is 11.8 Å². The summed E-state index contributed by atoms with van der Waals surface area (Å²) in [5.41, 5.74) is 6.79. The molecular formula is C11H14N4O. The molecule has 0 unspecified atom stereocenters. The monoisotopic (exact) mass is 218 g/mol. The van der Waals surface area contributed by atoms with Crippen LogP contribution >= 0.6 is 0 Å². The van der Waals surface area contributed by atoms with Crippen LogP contribution in [0.4, 0.5) is 0 Å². The Hall–Kier alpha value is -1.88. The average Bonchev–Trinajstić information content (AvgIpc) is 2.64. The van der Waals surface area contributed by atoms with E-state index in [9.17, 15) is 0 Å². The largest absolute Gasteiger partial charge is 0.423 e. The Bertz CT molecular complexity index is 478. The third-order valence-electron chi connectivity index (χ3n) is 2.19. The lowest BCUT2D eigenvalue weighted by Crippen LogP contribution is -2.06. The van der Waals surface area contributed by atoms with Crippen molar-refractivity contribution in [3.05, 3.63) is 36.2 Å². The van der Waals surface area contributed by atoms with Gasteiger partial charge in [-0.3, -0.25) is 4.68 Å². The average molecular weight is 218 g/mol. The second-order valence-corrected chi connectivity index (χ2v) is 3.63. The van der Waals surface area contributed by atoms with Crippen LogP contribution in [0.15, 0.2) is 30.6 Å². The Labute approximate surface area is 93.9 Å². The summed E-state index contributed by atoms with van der Waals surface area (Å²) in [5, 5.41) is 4.05. The standard InChI is InChI=1S/C11H14N4O/c1-8(12)9-5-3-4-6-10(9)16-11-13-7-15(2)14-11/h3-8H,12H2,1-2H3/t8-/m0/s1. The number of hydrogen-bond acceptors (Lipinski definition) is 4. The Balaban J connectivity index is 2.27. The zero-order valence-corrected chi connectivity index (χ0v) is 9.29. The fraction of sp³-hybridized carbons (Fsp3) is 0.273. The summed E-state index contributed by atoms with van der Waals surface area (Å²) in [7, 11) is 1.79. The maximum absolute atomic E-state index is 5.85. The number of hydrogen-bond donors (Lipinski definition) is 1. The molecule has 1 atom stereocenters. The van der Waals surface area contributed by atoms with Gasteiger partial charge >= 0.3 is 6.01 Å². The SMILES string of the molecule is C[C@H](N)c1ccccc1Oc1ncn(C)n1. The van der Waals surface area contributed by atoms with Gasteiger partial charge in [0.2, 0.25) is 0 Å². The fourth-order valence-electron chi connectivity index (χ4n) is 1.41. The molecule has 2 N–H and O–H groups in total. The molecule has 0 amide bonds. The van der Waals surface area contributed by atoms with Crippen molar-refractivity contribution in [1.29, 1.82) is 0 Å². The number of ether oxygens (including phenoxy) is 1. The quantitative estimate of drug-likeness (QED) is 0.850. The molecule has 16 heavy (non-hydrogen) atoms. The molecule has 0 radical (unpaired) electrons. The molecule has 5 heteroatoms. The summed E-state index contributed by atoms with van der Waals surface area (Å²) in [4.78, 5) is 4.00. The third-order valence-corrected chi connectivity index (χ3v) is 2.19. The maximum atomic E-state index is 5.85. The van der Waals surface area contributed by atoms with Crippen molar-refractivity contribution in [3.63, 3.8) is 0 Å². The van der Waals surface area contributed by atoms with Crippen LogP contribution < -0.4 is 10.5 Å². The first-order valence-corrected chi connectivity index (χ1v) is 5.05. The molecule has 1 aromatic heterocycles. The molecular weight excluding hydrogens is 204 g/mol. The molecule has 0 spiro atoms. The van der Waals surface area contributed by atoms with Crippen molar-refractivity contribution in [2.45, 2.75) is 13.0 Å². The zero-order valence-electron chi connectivity index (χ0n) is 9.29. The first-order chi connectivity index (χ1) is 7.66. The summed E-state index contributed by atoms with van der Waals surface area (Å²) in [6.07, 6.45) is 1.59. The molecule has 0 saturated carbocycles. The van der Waals surface area contributed by atoms with Crippen LogP contribution in [-0.2, 0) is 7.05 Å². The van der Waals surface area contributed by atoms with Crippen molar-refractivity contribution in [2.24, 2.45) is 12.8 Å². The summed E-state index contributed by atoms with van der Waals surface area (Å²) < 4.78 is 7.16. The van der Waals surface area contributed by atoms with Crippen molar-refractivity contribution < 1.29 is 4.74 Å². The molecule has 2 rings (SSSR count). The van der Waals surface area contributed by atoms with E-state index in [2.05, 4.69) is 10.1 Å². The summed E-state index contributed by atoms with van der Waals surface area (Å²) in [6, 6.07) is 7.86. The van der Waals surface area contributed by atoms with Crippen molar-refractivity contribution in [3.8, 4) is 11.8 Å². The Morgan fingerprint density at radius 3 is 2.75 bits per heavy atom. The highest BCUT2D eigenvalue weighted by Crippen LogP contribution is 2.26. The molecule has 0 saturated heterocycles. The predicted molar refractivity (Wildman–Crippen MR) is 60.1 cm³/mol. The lowest BCUT2D eigenvalue weighted by molar-refractivity contribution is 0.431. The van der Waals surface area contributed by atoms with Gasteiger partial charge in [0.1, 0.15) is 12.1 Å². The molecule has 0 bridgehead atoms. The van der Waals surface area contributed by atoms with Crippen LogP contribution in [0.25, 0.3) is 0 Å². The maximum Gasteiger partial charge on any atom is 0.340 e. The van der Waals surface area contributed by atoms with Crippen LogP contribution in [0.3, 0.4) is 0 Å². The molecule has 0 aliphatic carbocycles. The van der Waals surface area contributed by atoms with Gasteiger partial charge in [-0.25, -0.2) is 0 Å². The summed E-state index contributed by atoms with van der Waals surface area (Å²) >= 11 is 0. The predicted octanol–water partition coefficient (Wildman–Crippen LogP) is 1.63. The van der Waals surface area contributed by atoms with E-state index in [-0.39, 0.29) is 6.04 Å². The smallest absolute Gasteiger partial charge is 0.340 e. The normalized spacial score (nSPS) is 12.4. The molecule has 0 fully saturated rings. The van der Waals surface area contributed by atoms with E-state index < -0.39 is 0 Å². The zero-order chi connectivity index (χ0) is 11.5. The van der Waals surface area contributed by atoms with Gasteiger partial charge in [-0.1, -0.05) is 18.2 Å². The second-order valence-electron chi connectivity index (χ2n) is 3.63. The lowest BCUT2D eigenvalue weighted by Gasteiger charge is -2.10. The molecule has 2 aromatic rings. The number of rotatable bonds is 3. The fourth-order valence-corrected chi connectivity index (χ4v) is 1.41. The van der Waals surface area contributed by atoms with E-state index in [1.54, 1.807) is 18.1 Å². The highest BCUT2D eigenvalue weighted by atomic mass is 16.5. The van der Waals surface area contributed by atoms with Gasteiger partial charge in [-0.15, -0.1) is 5.10 Å². The van der Waals surface area contributed by atoms with E-state index in [1.807, 2.05) is 31.2 Å². The van der Waals surface area contributed by atoms with Gasteiger partial charge in [0.15, 0.2) is 0 Å².